The fraction of sp³-hybridized carbons (Fsp3) is 0.316. The van der Waals surface area contributed by atoms with Crippen LogP contribution in [0.2, 0.25) is 0 Å². The third-order valence-corrected chi connectivity index (χ3v) is 4.75. The molecule has 0 saturated carbocycles. The molecule has 1 aliphatic rings. The predicted molar refractivity (Wildman–Crippen MR) is 105 cm³/mol. The Morgan fingerprint density at radius 2 is 2.14 bits per heavy atom. The smallest absolute Gasteiger partial charge is 0.306 e. The van der Waals surface area contributed by atoms with Crippen molar-refractivity contribution in [2.75, 3.05) is 30.0 Å². The standard InChI is InChI=1S/C19H19N3O6S/c1-2-27-18(26)6-4-14(23)12-3-5-15-13(9-12)22(17(25)11-28-15)10-16(24)21-19-20-7-8-29-19/h3,5,7-9H,2,4,6,10-11H2,1H3,(H,20,21,24). The first-order valence-electron chi connectivity index (χ1n) is 8.93. The van der Waals surface area contributed by atoms with Gasteiger partial charge in [0.05, 0.1) is 18.7 Å². The number of nitrogens with one attached hydrogen (secondary N) is 1. The van der Waals surface area contributed by atoms with E-state index in [4.69, 9.17) is 9.47 Å². The molecule has 152 valence electrons. The first kappa shape index (κ1) is 20.5. The fourth-order valence-corrected chi connectivity index (χ4v) is 3.27. The topological polar surface area (TPSA) is 115 Å². The van der Waals surface area contributed by atoms with E-state index < -0.39 is 17.8 Å². The van der Waals surface area contributed by atoms with Crippen molar-refractivity contribution in [3.63, 3.8) is 0 Å². The van der Waals surface area contributed by atoms with Crippen molar-refractivity contribution < 1.29 is 28.7 Å². The second-order valence-corrected chi connectivity index (χ2v) is 6.96. The van der Waals surface area contributed by atoms with Gasteiger partial charge in [0.1, 0.15) is 12.3 Å². The Kier molecular flexibility index (Phi) is 6.55. The van der Waals surface area contributed by atoms with Gasteiger partial charge in [-0.15, -0.1) is 11.3 Å². The molecule has 9 nitrogen and oxygen atoms in total. The molecular formula is C19H19N3O6S. The molecule has 2 heterocycles. The number of hydrogen-bond acceptors (Lipinski definition) is 8. The van der Waals surface area contributed by atoms with E-state index in [1.807, 2.05) is 0 Å². The molecule has 0 aliphatic carbocycles. The average molecular weight is 417 g/mol. The van der Waals surface area contributed by atoms with Crippen molar-refractivity contribution in [2.24, 2.45) is 0 Å². The Hall–Kier alpha value is -3.27. The summed E-state index contributed by atoms with van der Waals surface area (Å²) in [6, 6.07) is 4.64. The van der Waals surface area contributed by atoms with Crippen molar-refractivity contribution >= 4 is 45.7 Å². The zero-order chi connectivity index (χ0) is 20.8. The highest BCUT2D eigenvalue weighted by molar-refractivity contribution is 7.13. The zero-order valence-corrected chi connectivity index (χ0v) is 16.5. The molecule has 1 N–H and O–H groups in total. The van der Waals surface area contributed by atoms with Gasteiger partial charge < -0.3 is 14.8 Å². The molecule has 0 atom stereocenters. The molecule has 1 aliphatic heterocycles. The van der Waals surface area contributed by atoms with Gasteiger partial charge in [-0.3, -0.25) is 24.1 Å². The van der Waals surface area contributed by atoms with Gasteiger partial charge in [0.15, 0.2) is 17.5 Å². The third kappa shape index (κ3) is 5.17. The molecule has 29 heavy (non-hydrogen) atoms. The molecule has 0 bridgehead atoms. The van der Waals surface area contributed by atoms with Crippen LogP contribution in [0.1, 0.15) is 30.1 Å². The minimum atomic E-state index is -0.446. The molecule has 3 rings (SSSR count). The number of anilines is 2. The van der Waals surface area contributed by atoms with Gasteiger partial charge in [0, 0.05) is 23.6 Å². The fourth-order valence-electron chi connectivity index (χ4n) is 2.73. The summed E-state index contributed by atoms with van der Waals surface area (Å²) >= 11 is 1.26. The van der Waals surface area contributed by atoms with Crippen molar-refractivity contribution in [2.45, 2.75) is 19.8 Å². The van der Waals surface area contributed by atoms with Gasteiger partial charge in [-0.1, -0.05) is 0 Å². The number of esters is 1. The number of rotatable bonds is 8. The number of carbonyl (C=O) groups excluding carboxylic acids is 4. The zero-order valence-electron chi connectivity index (χ0n) is 15.7. The Balaban J connectivity index is 1.73. The Bertz CT molecular complexity index is 928. The Morgan fingerprint density at radius 3 is 2.86 bits per heavy atom. The van der Waals surface area contributed by atoms with Gasteiger partial charge in [0.2, 0.25) is 5.91 Å². The molecule has 0 fully saturated rings. The van der Waals surface area contributed by atoms with E-state index in [-0.39, 0.29) is 38.4 Å². The maximum absolute atomic E-state index is 12.4. The SMILES string of the molecule is CCOC(=O)CCC(=O)c1ccc2c(c1)N(CC(=O)Nc1nccs1)C(=O)CO2. The number of fused-ring (bicyclic) bond motifs is 1. The molecular weight excluding hydrogens is 398 g/mol. The van der Waals surface area contributed by atoms with E-state index in [1.54, 1.807) is 30.6 Å². The monoisotopic (exact) mass is 417 g/mol. The second kappa shape index (κ2) is 9.28. The summed E-state index contributed by atoms with van der Waals surface area (Å²) in [6.45, 7) is 1.51. The lowest BCUT2D eigenvalue weighted by Gasteiger charge is -2.29. The van der Waals surface area contributed by atoms with Crippen LogP contribution in [0.5, 0.6) is 5.75 Å². The van der Waals surface area contributed by atoms with Crippen LogP contribution in [0.25, 0.3) is 0 Å². The van der Waals surface area contributed by atoms with Crippen LogP contribution >= 0.6 is 11.3 Å². The number of hydrogen-bond donors (Lipinski definition) is 1. The number of aromatic nitrogens is 1. The second-order valence-electron chi connectivity index (χ2n) is 6.06. The summed E-state index contributed by atoms with van der Waals surface area (Å²) in [5.74, 6) is -1.14. The van der Waals surface area contributed by atoms with Crippen LogP contribution in [0, 0.1) is 0 Å². The predicted octanol–water partition coefficient (Wildman–Crippen LogP) is 2.03. The van der Waals surface area contributed by atoms with Crippen LogP contribution < -0.4 is 15.0 Å². The summed E-state index contributed by atoms with van der Waals surface area (Å²) in [5.41, 5.74) is 0.647. The number of nitrogens with zero attached hydrogens (tertiary/aromatic N) is 2. The van der Waals surface area contributed by atoms with E-state index in [2.05, 4.69) is 10.3 Å². The lowest BCUT2D eigenvalue weighted by molar-refractivity contribution is -0.143. The van der Waals surface area contributed by atoms with Gasteiger partial charge in [-0.25, -0.2) is 4.98 Å². The van der Waals surface area contributed by atoms with Crippen molar-refractivity contribution in [3.8, 4) is 5.75 Å². The number of ketones is 1. The van der Waals surface area contributed by atoms with Crippen LogP contribution in [-0.4, -0.2) is 48.3 Å². The summed E-state index contributed by atoms with van der Waals surface area (Å²) in [6.07, 6.45) is 1.51. The van der Waals surface area contributed by atoms with Crippen molar-refractivity contribution in [1.29, 1.82) is 0 Å². The van der Waals surface area contributed by atoms with Gasteiger partial charge in [0.25, 0.3) is 5.91 Å². The quantitative estimate of drug-likeness (QED) is 0.516. The van der Waals surface area contributed by atoms with Gasteiger partial charge in [-0.2, -0.15) is 0 Å². The number of amides is 2. The average Bonchev–Trinajstić information content (AvgIpc) is 3.21. The largest absolute Gasteiger partial charge is 0.482 e. The van der Waals surface area contributed by atoms with Crippen molar-refractivity contribution in [1.82, 2.24) is 4.98 Å². The number of benzene rings is 1. The molecule has 1 aromatic carbocycles. The summed E-state index contributed by atoms with van der Waals surface area (Å²) in [4.78, 5) is 53.7. The highest BCUT2D eigenvalue weighted by Crippen LogP contribution is 2.33. The van der Waals surface area contributed by atoms with E-state index >= 15 is 0 Å². The van der Waals surface area contributed by atoms with Gasteiger partial charge in [-0.05, 0) is 25.1 Å². The van der Waals surface area contributed by atoms with E-state index in [0.717, 1.165) is 0 Å². The first-order chi connectivity index (χ1) is 14.0. The highest BCUT2D eigenvalue weighted by Gasteiger charge is 2.28. The normalized spacial score (nSPS) is 12.7. The number of ether oxygens (including phenoxy) is 2. The molecule has 1 aromatic heterocycles. The molecule has 0 spiro atoms. The molecule has 2 amide bonds. The lowest BCUT2D eigenvalue weighted by atomic mass is 10.0. The van der Waals surface area contributed by atoms with Crippen LogP contribution in [0.15, 0.2) is 29.8 Å². The third-order valence-electron chi connectivity index (χ3n) is 4.07. The minimum Gasteiger partial charge on any atom is -0.482 e. The van der Waals surface area contributed by atoms with Crippen LogP contribution in [-0.2, 0) is 19.1 Å². The number of Topliss-reactive ketones (excluding diaryl/α,β-unsaturated/α-hetero) is 1. The first-order valence-corrected chi connectivity index (χ1v) is 9.81. The summed E-state index contributed by atoms with van der Waals surface area (Å²) < 4.78 is 10.2. The molecule has 2 aromatic rings. The molecule has 10 heteroatoms. The highest BCUT2D eigenvalue weighted by atomic mass is 32.1. The molecule has 0 saturated heterocycles. The van der Waals surface area contributed by atoms with Gasteiger partial charge >= 0.3 is 5.97 Å². The summed E-state index contributed by atoms with van der Waals surface area (Å²) in [7, 11) is 0. The lowest BCUT2D eigenvalue weighted by Crippen LogP contribution is -2.43. The maximum Gasteiger partial charge on any atom is 0.306 e. The number of carbonyl (C=O) groups is 4. The summed E-state index contributed by atoms with van der Waals surface area (Å²) in [5, 5.41) is 4.77. The Labute approximate surface area is 170 Å². The Morgan fingerprint density at radius 1 is 1.31 bits per heavy atom. The number of thiazole rings is 1. The van der Waals surface area contributed by atoms with E-state index in [9.17, 15) is 19.2 Å². The molecule has 0 radical (unpaired) electrons. The molecule has 0 unspecified atom stereocenters. The van der Waals surface area contributed by atoms with Crippen LogP contribution in [0.3, 0.4) is 0 Å². The van der Waals surface area contributed by atoms with E-state index in [0.29, 0.717) is 22.1 Å². The van der Waals surface area contributed by atoms with E-state index in [1.165, 1.54) is 22.3 Å². The van der Waals surface area contributed by atoms with Crippen molar-refractivity contribution in [3.05, 3.63) is 35.3 Å². The van der Waals surface area contributed by atoms with Crippen LogP contribution in [0.4, 0.5) is 10.8 Å². The minimum absolute atomic E-state index is 0.0169. The maximum atomic E-state index is 12.4.